The molecular weight excluding hydrogens is 258 g/mol. The fourth-order valence-corrected chi connectivity index (χ4v) is 1.72. The highest BCUT2D eigenvalue weighted by Crippen LogP contribution is 2.36. The van der Waals surface area contributed by atoms with Crippen molar-refractivity contribution < 1.29 is 19.4 Å². The maximum atomic E-state index is 11.7. The molecule has 0 bridgehead atoms. The van der Waals surface area contributed by atoms with Gasteiger partial charge in [0.05, 0.1) is 19.9 Å². The summed E-state index contributed by atoms with van der Waals surface area (Å²) in [5.41, 5.74) is 0.779. The molecule has 0 unspecified atom stereocenters. The lowest BCUT2D eigenvalue weighted by molar-refractivity contribution is -0.135. The van der Waals surface area contributed by atoms with Crippen LogP contribution in [0.4, 0.5) is 5.69 Å². The molecule has 0 radical (unpaired) electrons. The molecule has 0 saturated heterocycles. The van der Waals surface area contributed by atoms with Gasteiger partial charge in [-0.1, -0.05) is 0 Å². The first-order valence-corrected chi connectivity index (χ1v) is 6.35. The molecule has 20 heavy (non-hydrogen) atoms. The zero-order valence-electron chi connectivity index (χ0n) is 11.5. The number of aliphatic hydroxyl groups excluding tert-OH is 1. The van der Waals surface area contributed by atoms with Crippen LogP contribution in [0.2, 0.25) is 0 Å². The third kappa shape index (κ3) is 3.38. The van der Waals surface area contributed by atoms with Gasteiger partial charge < -0.3 is 14.6 Å². The topological polar surface area (TPSA) is 68.1 Å². The van der Waals surface area contributed by atoms with Gasteiger partial charge in [0, 0.05) is 12.1 Å². The second kappa shape index (κ2) is 6.23. The third-order valence-corrected chi connectivity index (χ3v) is 3.06. The van der Waals surface area contributed by atoms with Crippen LogP contribution < -0.4 is 4.74 Å². The fourth-order valence-electron chi connectivity index (χ4n) is 1.72. The van der Waals surface area contributed by atoms with E-state index in [1.165, 1.54) is 13.3 Å². The number of methoxy groups -OCH3 is 2. The first-order valence-electron chi connectivity index (χ1n) is 6.35. The number of carbonyl (C=O) groups excluding carboxylic acids is 1. The van der Waals surface area contributed by atoms with Gasteiger partial charge >= 0.3 is 5.97 Å². The van der Waals surface area contributed by atoms with Crippen LogP contribution in [0.1, 0.15) is 12.8 Å². The average molecular weight is 275 g/mol. The van der Waals surface area contributed by atoms with E-state index < -0.39 is 5.97 Å². The van der Waals surface area contributed by atoms with Gasteiger partial charge in [-0.3, -0.25) is 4.99 Å². The van der Waals surface area contributed by atoms with E-state index in [2.05, 4.69) is 9.73 Å². The highest BCUT2D eigenvalue weighted by atomic mass is 16.5. The van der Waals surface area contributed by atoms with E-state index in [1.807, 2.05) is 0 Å². The molecule has 1 aliphatic carbocycles. The number of aliphatic imine (C=N–C) groups is 1. The Morgan fingerprint density at radius 2 is 1.95 bits per heavy atom. The minimum atomic E-state index is -0.577. The SMILES string of the molecule is COC(=O)/C(C=Nc1ccc(OC)cc1)=C(/O)C1CC1. The van der Waals surface area contributed by atoms with Crippen LogP contribution in [-0.2, 0) is 9.53 Å². The molecule has 0 aromatic heterocycles. The lowest BCUT2D eigenvalue weighted by Crippen LogP contribution is -2.10. The molecule has 106 valence electrons. The quantitative estimate of drug-likeness (QED) is 0.388. The van der Waals surface area contributed by atoms with Gasteiger partial charge in [-0.2, -0.15) is 0 Å². The minimum absolute atomic E-state index is 0.0615. The normalized spacial score (nSPS) is 15.9. The Bertz CT molecular complexity index is 541. The second-order valence-corrected chi connectivity index (χ2v) is 4.52. The number of carbonyl (C=O) groups is 1. The number of benzene rings is 1. The van der Waals surface area contributed by atoms with Gasteiger partial charge in [-0.15, -0.1) is 0 Å². The standard InChI is InChI=1S/C15H17NO4/c1-19-12-7-5-11(6-8-12)16-9-13(15(18)20-2)14(17)10-3-4-10/h5-10,17H,3-4H2,1-2H3/b14-13+,16-9?. The van der Waals surface area contributed by atoms with Crippen molar-refractivity contribution in [3.63, 3.8) is 0 Å². The van der Waals surface area contributed by atoms with Crippen LogP contribution in [0.5, 0.6) is 5.75 Å². The average Bonchev–Trinajstić information content (AvgIpc) is 3.32. The third-order valence-electron chi connectivity index (χ3n) is 3.06. The van der Waals surface area contributed by atoms with E-state index in [-0.39, 0.29) is 17.3 Å². The number of hydrogen-bond donors (Lipinski definition) is 1. The van der Waals surface area contributed by atoms with E-state index in [9.17, 15) is 9.90 Å². The number of hydrogen-bond acceptors (Lipinski definition) is 5. The lowest BCUT2D eigenvalue weighted by atomic mass is 10.2. The number of ether oxygens (including phenoxy) is 2. The van der Waals surface area contributed by atoms with Crippen LogP contribution in [0.25, 0.3) is 0 Å². The number of esters is 1. The van der Waals surface area contributed by atoms with E-state index in [4.69, 9.17) is 4.74 Å². The molecule has 0 amide bonds. The molecule has 1 aromatic rings. The van der Waals surface area contributed by atoms with Crippen molar-refractivity contribution in [2.75, 3.05) is 14.2 Å². The lowest BCUT2D eigenvalue weighted by Gasteiger charge is -2.04. The molecule has 1 aromatic carbocycles. The molecule has 2 rings (SSSR count). The Morgan fingerprint density at radius 3 is 2.45 bits per heavy atom. The Balaban J connectivity index is 2.20. The Hall–Kier alpha value is -2.30. The van der Waals surface area contributed by atoms with Crippen LogP contribution in [0.3, 0.4) is 0 Å². The van der Waals surface area contributed by atoms with Crippen molar-refractivity contribution in [3.05, 3.63) is 35.6 Å². The summed E-state index contributed by atoms with van der Waals surface area (Å²) in [5.74, 6) is 0.278. The van der Waals surface area contributed by atoms with Crippen molar-refractivity contribution >= 4 is 17.9 Å². The van der Waals surface area contributed by atoms with Crippen LogP contribution in [0.15, 0.2) is 40.6 Å². The zero-order chi connectivity index (χ0) is 14.5. The number of aliphatic hydroxyl groups is 1. The molecule has 0 atom stereocenters. The molecule has 1 fully saturated rings. The van der Waals surface area contributed by atoms with Gasteiger partial charge in [0.25, 0.3) is 0 Å². The van der Waals surface area contributed by atoms with E-state index in [0.717, 1.165) is 18.6 Å². The Morgan fingerprint density at radius 1 is 1.30 bits per heavy atom. The predicted octanol–water partition coefficient (Wildman–Crippen LogP) is 2.79. The number of nitrogens with zero attached hydrogens (tertiary/aromatic N) is 1. The summed E-state index contributed by atoms with van der Waals surface area (Å²) in [5, 5.41) is 9.98. The summed E-state index contributed by atoms with van der Waals surface area (Å²) in [4.78, 5) is 15.8. The van der Waals surface area contributed by atoms with E-state index in [1.54, 1.807) is 31.4 Å². The van der Waals surface area contributed by atoms with Gasteiger partial charge in [0.2, 0.25) is 0 Å². The highest BCUT2D eigenvalue weighted by molar-refractivity contribution is 6.10. The maximum Gasteiger partial charge on any atom is 0.342 e. The van der Waals surface area contributed by atoms with Crippen molar-refractivity contribution in [1.29, 1.82) is 0 Å². The molecule has 0 heterocycles. The fraction of sp³-hybridized carbons (Fsp3) is 0.333. The molecule has 1 saturated carbocycles. The Kier molecular flexibility index (Phi) is 4.40. The summed E-state index contributed by atoms with van der Waals surface area (Å²) in [7, 11) is 2.87. The summed E-state index contributed by atoms with van der Waals surface area (Å²) in [6, 6.07) is 7.07. The van der Waals surface area contributed by atoms with Gasteiger partial charge in [0.15, 0.2) is 0 Å². The molecule has 5 heteroatoms. The minimum Gasteiger partial charge on any atom is -0.511 e. The number of rotatable bonds is 5. The molecule has 1 aliphatic rings. The number of allylic oxidation sites excluding steroid dienone is 1. The van der Waals surface area contributed by atoms with E-state index >= 15 is 0 Å². The van der Waals surface area contributed by atoms with Crippen LogP contribution in [-0.4, -0.2) is 31.5 Å². The van der Waals surface area contributed by atoms with Crippen molar-refractivity contribution in [2.24, 2.45) is 10.9 Å². The van der Waals surface area contributed by atoms with Gasteiger partial charge in [-0.25, -0.2) is 4.79 Å². The monoisotopic (exact) mass is 275 g/mol. The van der Waals surface area contributed by atoms with Crippen molar-refractivity contribution in [2.45, 2.75) is 12.8 Å². The summed E-state index contributed by atoms with van der Waals surface area (Å²) >= 11 is 0. The largest absolute Gasteiger partial charge is 0.511 e. The Labute approximate surface area is 117 Å². The second-order valence-electron chi connectivity index (χ2n) is 4.52. The summed E-state index contributed by atoms with van der Waals surface area (Å²) in [6.07, 6.45) is 3.13. The van der Waals surface area contributed by atoms with Crippen molar-refractivity contribution in [3.8, 4) is 5.75 Å². The zero-order valence-corrected chi connectivity index (χ0v) is 11.5. The molecule has 1 N–H and O–H groups in total. The molecule has 0 spiro atoms. The smallest absolute Gasteiger partial charge is 0.342 e. The van der Waals surface area contributed by atoms with Gasteiger partial charge in [-0.05, 0) is 37.1 Å². The molecule has 0 aliphatic heterocycles. The summed E-state index contributed by atoms with van der Waals surface area (Å²) < 4.78 is 9.72. The predicted molar refractivity (Wildman–Crippen MR) is 75.5 cm³/mol. The van der Waals surface area contributed by atoms with Crippen molar-refractivity contribution in [1.82, 2.24) is 0 Å². The highest BCUT2D eigenvalue weighted by Gasteiger charge is 2.30. The van der Waals surface area contributed by atoms with Crippen LogP contribution >= 0.6 is 0 Å². The van der Waals surface area contributed by atoms with Gasteiger partial charge in [0.1, 0.15) is 17.1 Å². The first kappa shape index (κ1) is 14.1. The summed E-state index contributed by atoms with van der Waals surface area (Å²) in [6.45, 7) is 0. The molecular formula is C15H17NO4. The maximum absolute atomic E-state index is 11.7. The van der Waals surface area contributed by atoms with E-state index in [0.29, 0.717) is 5.69 Å². The van der Waals surface area contributed by atoms with Crippen LogP contribution in [0, 0.1) is 5.92 Å². The first-order chi connectivity index (χ1) is 9.65. The molecule has 5 nitrogen and oxygen atoms in total.